The van der Waals surface area contributed by atoms with E-state index in [1.807, 2.05) is 6.92 Å². The molecule has 1 aromatic heterocycles. The molecule has 1 aliphatic rings. The van der Waals surface area contributed by atoms with Crippen molar-refractivity contribution in [2.45, 2.75) is 31.2 Å². The van der Waals surface area contributed by atoms with Crippen LogP contribution >= 0.6 is 11.3 Å². The topological polar surface area (TPSA) is 79.4 Å². The second-order valence-electron chi connectivity index (χ2n) is 6.08. The van der Waals surface area contributed by atoms with Crippen LogP contribution < -0.4 is 5.32 Å². The molecule has 1 unspecified atom stereocenters. The Morgan fingerprint density at radius 1 is 1.36 bits per heavy atom. The monoisotopic (exact) mass is 379 g/mol. The second-order valence-corrected chi connectivity index (χ2v) is 9.34. The molecule has 6 nitrogen and oxygen atoms in total. The van der Waals surface area contributed by atoms with Gasteiger partial charge >= 0.3 is 0 Å². The van der Waals surface area contributed by atoms with Gasteiger partial charge in [0, 0.05) is 24.2 Å². The number of amides is 1. The molecule has 0 bridgehead atoms. The SMILES string of the molecule is Cc1ncc(CNC(=O)C2CCCN(S(=O)(=O)c3ccccc3)C2)s1. The Morgan fingerprint density at radius 2 is 2.12 bits per heavy atom. The number of rotatable bonds is 5. The number of nitrogens with one attached hydrogen (secondary N) is 1. The van der Waals surface area contributed by atoms with Crippen LogP contribution in [0.15, 0.2) is 41.4 Å². The van der Waals surface area contributed by atoms with Crippen LogP contribution in [0.4, 0.5) is 0 Å². The summed E-state index contributed by atoms with van der Waals surface area (Å²) in [6, 6.07) is 8.37. The smallest absolute Gasteiger partial charge is 0.243 e. The van der Waals surface area contributed by atoms with E-state index in [4.69, 9.17) is 0 Å². The Kier molecular flexibility index (Phi) is 5.51. The van der Waals surface area contributed by atoms with E-state index in [0.29, 0.717) is 25.9 Å². The fourth-order valence-corrected chi connectivity index (χ4v) is 5.20. The summed E-state index contributed by atoms with van der Waals surface area (Å²) in [7, 11) is -3.55. The third-order valence-corrected chi connectivity index (χ3v) is 7.03. The zero-order valence-electron chi connectivity index (χ0n) is 14.0. The van der Waals surface area contributed by atoms with E-state index in [1.54, 1.807) is 47.9 Å². The van der Waals surface area contributed by atoms with Gasteiger partial charge < -0.3 is 5.32 Å². The van der Waals surface area contributed by atoms with Gasteiger partial charge in [0.15, 0.2) is 0 Å². The molecule has 2 aromatic rings. The number of benzene rings is 1. The quantitative estimate of drug-likeness (QED) is 0.863. The van der Waals surface area contributed by atoms with Crippen molar-refractivity contribution in [2.75, 3.05) is 13.1 Å². The molecule has 1 atom stereocenters. The van der Waals surface area contributed by atoms with Gasteiger partial charge in [-0.1, -0.05) is 18.2 Å². The first kappa shape index (κ1) is 18.0. The van der Waals surface area contributed by atoms with Crippen molar-refractivity contribution in [3.8, 4) is 0 Å². The largest absolute Gasteiger partial charge is 0.351 e. The molecule has 0 spiro atoms. The number of carbonyl (C=O) groups excluding carboxylic acids is 1. The molecular weight excluding hydrogens is 358 g/mol. The van der Waals surface area contributed by atoms with Gasteiger partial charge in [-0.15, -0.1) is 11.3 Å². The van der Waals surface area contributed by atoms with E-state index >= 15 is 0 Å². The third kappa shape index (κ3) is 4.26. The van der Waals surface area contributed by atoms with Gasteiger partial charge in [-0.2, -0.15) is 4.31 Å². The summed E-state index contributed by atoms with van der Waals surface area (Å²) in [6.45, 7) is 3.04. The summed E-state index contributed by atoms with van der Waals surface area (Å²) < 4.78 is 26.9. The van der Waals surface area contributed by atoms with Crippen LogP contribution in [-0.2, 0) is 21.4 Å². The van der Waals surface area contributed by atoms with Gasteiger partial charge in [0.2, 0.25) is 15.9 Å². The summed E-state index contributed by atoms with van der Waals surface area (Å²) in [5.74, 6) is -0.416. The molecule has 0 radical (unpaired) electrons. The van der Waals surface area contributed by atoms with Crippen LogP contribution in [0.3, 0.4) is 0 Å². The highest BCUT2D eigenvalue weighted by atomic mass is 32.2. The van der Waals surface area contributed by atoms with Gasteiger partial charge in [-0.05, 0) is 31.9 Å². The minimum atomic E-state index is -3.55. The number of nitrogens with zero attached hydrogens (tertiary/aromatic N) is 2. The normalized spacial score (nSPS) is 18.8. The number of carbonyl (C=O) groups is 1. The number of sulfonamides is 1. The number of piperidine rings is 1. The molecule has 1 amide bonds. The molecule has 1 aromatic carbocycles. The standard InChI is InChI=1S/C17H21N3O3S2/c1-13-18-10-15(24-13)11-19-17(21)14-6-5-9-20(12-14)25(22,23)16-7-3-2-4-8-16/h2-4,7-8,10,14H,5-6,9,11-12H2,1H3,(H,19,21). The molecule has 1 N–H and O–H groups in total. The Bertz CT molecular complexity index is 834. The maximum absolute atomic E-state index is 12.7. The first-order chi connectivity index (χ1) is 12.0. The molecule has 1 saturated heterocycles. The number of hydrogen-bond acceptors (Lipinski definition) is 5. The van der Waals surface area contributed by atoms with Gasteiger partial charge in [0.05, 0.1) is 22.4 Å². The van der Waals surface area contributed by atoms with E-state index in [2.05, 4.69) is 10.3 Å². The summed E-state index contributed by atoms with van der Waals surface area (Å²) in [4.78, 5) is 17.9. The maximum Gasteiger partial charge on any atom is 0.243 e. The van der Waals surface area contributed by atoms with Crippen LogP contribution in [0.2, 0.25) is 0 Å². The van der Waals surface area contributed by atoms with E-state index in [-0.39, 0.29) is 23.3 Å². The van der Waals surface area contributed by atoms with Crippen molar-refractivity contribution < 1.29 is 13.2 Å². The number of aryl methyl sites for hydroxylation is 1. The number of aromatic nitrogens is 1. The minimum Gasteiger partial charge on any atom is -0.351 e. The zero-order valence-corrected chi connectivity index (χ0v) is 15.6. The highest BCUT2D eigenvalue weighted by Crippen LogP contribution is 2.24. The Labute approximate surface area is 151 Å². The number of thiazole rings is 1. The Balaban J connectivity index is 1.63. The second kappa shape index (κ2) is 7.63. The molecule has 1 fully saturated rings. The van der Waals surface area contributed by atoms with Gasteiger partial charge in [0.1, 0.15) is 0 Å². The van der Waals surface area contributed by atoms with E-state index in [9.17, 15) is 13.2 Å². The summed E-state index contributed by atoms with van der Waals surface area (Å²) >= 11 is 1.55. The van der Waals surface area contributed by atoms with Crippen molar-refractivity contribution in [3.63, 3.8) is 0 Å². The van der Waals surface area contributed by atoms with Crippen molar-refractivity contribution >= 4 is 27.3 Å². The molecule has 1 aliphatic heterocycles. The summed E-state index contributed by atoms with van der Waals surface area (Å²) in [5, 5.41) is 3.86. The van der Waals surface area contributed by atoms with Crippen LogP contribution in [0, 0.1) is 12.8 Å². The lowest BCUT2D eigenvalue weighted by Crippen LogP contribution is -2.45. The van der Waals surface area contributed by atoms with Crippen LogP contribution in [0.5, 0.6) is 0 Å². The van der Waals surface area contributed by atoms with Crippen molar-refractivity contribution in [3.05, 3.63) is 46.4 Å². The highest BCUT2D eigenvalue weighted by molar-refractivity contribution is 7.89. The van der Waals surface area contributed by atoms with Crippen LogP contribution in [0.1, 0.15) is 22.7 Å². The summed E-state index contributed by atoms with van der Waals surface area (Å²) in [5.41, 5.74) is 0. The van der Waals surface area contributed by atoms with Gasteiger partial charge in [0.25, 0.3) is 0 Å². The first-order valence-corrected chi connectivity index (χ1v) is 10.5. The fraction of sp³-hybridized carbons (Fsp3) is 0.412. The first-order valence-electron chi connectivity index (χ1n) is 8.21. The van der Waals surface area contributed by atoms with E-state index < -0.39 is 10.0 Å². The molecule has 8 heteroatoms. The van der Waals surface area contributed by atoms with Crippen molar-refractivity contribution in [2.24, 2.45) is 5.92 Å². The average Bonchev–Trinajstić information content (AvgIpc) is 3.06. The third-order valence-electron chi connectivity index (χ3n) is 4.24. The lowest BCUT2D eigenvalue weighted by Gasteiger charge is -2.31. The van der Waals surface area contributed by atoms with Gasteiger partial charge in [-0.25, -0.2) is 13.4 Å². The van der Waals surface area contributed by atoms with E-state index in [1.165, 1.54) is 4.31 Å². The maximum atomic E-state index is 12.7. The highest BCUT2D eigenvalue weighted by Gasteiger charge is 2.33. The molecule has 134 valence electrons. The predicted molar refractivity (Wildman–Crippen MR) is 96.6 cm³/mol. The van der Waals surface area contributed by atoms with Crippen molar-refractivity contribution in [1.29, 1.82) is 0 Å². The zero-order chi connectivity index (χ0) is 17.9. The predicted octanol–water partition coefficient (Wildman–Crippen LogP) is 2.17. The molecule has 25 heavy (non-hydrogen) atoms. The minimum absolute atomic E-state index is 0.0981. The Hall–Kier alpha value is -1.77. The fourth-order valence-electron chi connectivity index (χ4n) is 2.92. The molecule has 0 saturated carbocycles. The lowest BCUT2D eigenvalue weighted by molar-refractivity contribution is -0.126. The van der Waals surface area contributed by atoms with E-state index in [0.717, 1.165) is 9.88 Å². The van der Waals surface area contributed by atoms with Crippen molar-refractivity contribution in [1.82, 2.24) is 14.6 Å². The number of hydrogen-bond donors (Lipinski definition) is 1. The molecule has 0 aliphatic carbocycles. The molecule has 3 rings (SSSR count). The average molecular weight is 380 g/mol. The Morgan fingerprint density at radius 3 is 2.80 bits per heavy atom. The molecule has 2 heterocycles. The summed E-state index contributed by atoms with van der Waals surface area (Å²) in [6.07, 6.45) is 3.14. The van der Waals surface area contributed by atoms with Crippen LogP contribution in [-0.4, -0.2) is 36.7 Å². The van der Waals surface area contributed by atoms with Crippen LogP contribution in [0.25, 0.3) is 0 Å². The lowest BCUT2D eigenvalue weighted by atomic mass is 9.99. The van der Waals surface area contributed by atoms with Gasteiger partial charge in [-0.3, -0.25) is 4.79 Å². The molecular formula is C17H21N3O3S2.